The molecule has 1 aromatic carbocycles. The average molecular weight is 524 g/mol. The van der Waals surface area contributed by atoms with Gasteiger partial charge in [0.2, 0.25) is 5.88 Å². The molecule has 36 heavy (non-hydrogen) atoms. The van der Waals surface area contributed by atoms with Gasteiger partial charge in [0.15, 0.2) is 0 Å². The number of aliphatic hydroxyl groups is 1. The van der Waals surface area contributed by atoms with Crippen molar-refractivity contribution in [2.45, 2.75) is 32.7 Å². The molecule has 0 aliphatic rings. The number of methoxy groups -OCH3 is 1. The molecule has 12 heteroatoms. The molecular weight excluding hydrogens is 503 g/mol. The Morgan fingerprint density at radius 2 is 1.83 bits per heavy atom. The van der Waals surface area contributed by atoms with Gasteiger partial charge in [-0.3, -0.25) is 4.79 Å². The van der Waals surface area contributed by atoms with E-state index in [0.717, 1.165) is 25.4 Å². The topological polar surface area (TPSA) is 102 Å². The Hall–Kier alpha value is -3.70. The number of rotatable bonds is 7. The van der Waals surface area contributed by atoms with Gasteiger partial charge in [0.25, 0.3) is 5.91 Å². The number of nitrogens with zero attached hydrogens (tertiary/aromatic N) is 3. The fourth-order valence-corrected chi connectivity index (χ4v) is 3.40. The third-order valence-electron chi connectivity index (χ3n) is 4.92. The van der Waals surface area contributed by atoms with Crippen molar-refractivity contribution in [1.82, 2.24) is 9.97 Å². The molecule has 1 amide bonds. The largest absolute Gasteiger partial charge is 0.465 e. The second-order valence-corrected chi connectivity index (χ2v) is 8.19. The van der Waals surface area contributed by atoms with E-state index in [2.05, 4.69) is 9.97 Å². The van der Waals surface area contributed by atoms with Gasteiger partial charge < -0.3 is 19.5 Å². The van der Waals surface area contributed by atoms with Crippen molar-refractivity contribution < 1.29 is 37.3 Å². The van der Waals surface area contributed by atoms with Crippen LogP contribution in [0.5, 0.6) is 11.6 Å². The van der Waals surface area contributed by atoms with E-state index in [1.165, 1.54) is 35.4 Å². The summed E-state index contributed by atoms with van der Waals surface area (Å²) in [5.74, 6) is -2.32. The summed E-state index contributed by atoms with van der Waals surface area (Å²) >= 11 is 5.85. The van der Waals surface area contributed by atoms with Crippen molar-refractivity contribution in [2.75, 3.05) is 12.0 Å². The second-order valence-electron chi connectivity index (χ2n) is 7.76. The van der Waals surface area contributed by atoms with E-state index >= 15 is 0 Å². The summed E-state index contributed by atoms with van der Waals surface area (Å²) < 4.78 is 50.8. The summed E-state index contributed by atoms with van der Waals surface area (Å²) in [6, 6.07) is 6.99. The van der Waals surface area contributed by atoms with Crippen LogP contribution in [-0.4, -0.2) is 40.1 Å². The average Bonchev–Trinajstić information content (AvgIpc) is 2.84. The normalized spacial score (nSPS) is 11.4. The number of ether oxygens (including phenoxy) is 2. The number of carbonyl (C=O) groups is 2. The Kier molecular flexibility index (Phi) is 8.16. The minimum atomic E-state index is -4.81. The SMILES string of the molecule is COC(=O)c1cc(Oc2ncc(CO)cc2C(F)(F)F)ccc1N(C(=O)c1ccc(Cl)cn1)C(C)C. The molecule has 0 bridgehead atoms. The highest BCUT2D eigenvalue weighted by Crippen LogP contribution is 2.38. The van der Waals surface area contributed by atoms with Crippen molar-refractivity contribution in [3.63, 3.8) is 0 Å². The van der Waals surface area contributed by atoms with Crippen LogP contribution in [0.25, 0.3) is 0 Å². The van der Waals surface area contributed by atoms with Crippen LogP contribution in [0, 0.1) is 0 Å². The number of esters is 1. The van der Waals surface area contributed by atoms with Gasteiger partial charge in [-0.1, -0.05) is 11.6 Å². The van der Waals surface area contributed by atoms with Crippen molar-refractivity contribution in [3.8, 4) is 11.6 Å². The van der Waals surface area contributed by atoms with Crippen LogP contribution in [0.15, 0.2) is 48.8 Å². The molecule has 8 nitrogen and oxygen atoms in total. The van der Waals surface area contributed by atoms with Gasteiger partial charge in [-0.2, -0.15) is 13.2 Å². The standard InChI is InChI=1S/C24H21ClF3N3O5/c1-13(2)31(22(33)19-6-4-15(25)11-29-19)20-7-5-16(9-17(20)23(34)35-3)36-21-18(24(26,27)28)8-14(12-32)10-30-21/h4-11,13,32H,12H2,1-3H3. The maximum Gasteiger partial charge on any atom is 0.421 e. The summed E-state index contributed by atoms with van der Waals surface area (Å²) in [6.07, 6.45) is -2.47. The van der Waals surface area contributed by atoms with E-state index in [1.54, 1.807) is 13.8 Å². The van der Waals surface area contributed by atoms with Crippen LogP contribution in [0.2, 0.25) is 5.02 Å². The van der Waals surface area contributed by atoms with Crippen LogP contribution in [0.3, 0.4) is 0 Å². The Balaban J connectivity index is 2.07. The molecule has 0 radical (unpaired) electrons. The first-order chi connectivity index (χ1) is 17.0. The Labute approximate surface area is 209 Å². The van der Waals surface area contributed by atoms with E-state index in [-0.39, 0.29) is 28.3 Å². The number of aromatic nitrogens is 2. The number of pyridine rings is 2. The number of hydrogen-bond donors (Lipinski definition) is 1. The minimum Gasteiger partial charge on any atom is -0.465 e. The number of halogens is 4. The lowest BCUT2D eigenvalue weighted by molar-refractivity contribution is -0.139. The van der Waals surface area contributed by atoms with Gasteiger partial charge in [0.1, 0.15) is 17.0 Å². The summed E-state index contributed by atoms with van der Waals surface area (Å²) in [5, 5.41) is 9.49. The lowest BCUT2D eigenvalue weighted by Gasteiger charge is -2.28. The second kappa shape index (κ2) is 10.9. The Morgan fingerprint density at radius 1 is 1.11 bits per heavy atom. The van der Waals surface area contributed by atoms with Crippen LogP contribution >= 0.6 is 11.6 Å². The van der Waals surface area contributed by atoms with E-state index in [1.807, 2.05) is 0 Å². The molecule has 2 aromatic heterocycles. The predicted octanol–water partition coefficient (Wildman–Crippen LogP) is 5.28. The van der Waals surface area contributed by atoms with Crippen LogP contribution in [0.1, 0.15) is 45.8 Å². The molecule has 0 spiro atoms. The molecule has 3 rings (SSSR count). The number of carbonyl (C=O) groups excluding carboxylic acids is 2. The smallest absolute Gasteiger partial charge is 0.421 e. The van der Waals surface area contributed by atoms with Gasteiger partial charge >= 0.3 is 12.1 Å². The third kappa shape index (κ3) is 5.92. The first-order valence-corrected chi connectivity index (χ1v) is 10.9. The van der Waals surface area contributed by atoms with E-state index < -0.39 is 42.1 Å². The highest BCUT2D eigenvalue weighted by Gasteiger charge is 2.36. The van der Waals surface area contributed by atoms with E-state index in [9.17, 15) is 22.8 Å². The zero-order valence-electron chi connectivity index (χ0n) is 19.3. The highest BCUT2D eigenvalue weighted by atomic mass is 35.5. The lowest BCUT2D eigenvalue weighted by Crippen LogP contribution is -2.38. The Morgan fingerprint density at radius 3 is 2.39 bits per heavy atom. The molecule has 0 unspecified atom stereocenters. The first-order valence-electron chi connectivity index (χ1n) is 10.5. The molecular formula is C24H21ClF3N3O5. The number of benzene rings is 1. The van der Waals surface area contributed by atoms with Crippen LogP contribution < -0.4 is 9.64 Å². The maximum absolute atomic E-state index is 13.5. The molecule has 3 aromatic rings. The van der Waals surface area contributed by atoms with Gasteiger partial charge in [-0.25, -0.2) is 14.8 Å². The molecule has 0 atom stereocenters. The number of aliphatic hydroxyl groups excluding tert-OH is 1. The summed E-state index contributed by atoms with van der Waals surface area (Å²) in [4.78, 5) is 34.8. The quantitative estimate of drug-likeness (QED) is 0.421. The van der Waals surface area contributed by atoms with Gasteiger partial charge in [0.05, 0.1) is 30.0 Å². The number of hydrogen-bond acceptors (Lipinski definition) is 7. The highest BCUT2D eigenvalue weighted by molar-refractivity contribution is 6.30. The van der Waals surface area contributed by atoms with E-state index in [4.69, 9.17) is 26.2 Å². The predicted molar refractivity (Wildman–Crippen MR) is 124 cm³/mol. The zero-order chi connectivity index (χ0) is 26.6. The van der Waals surface area contributed by atoms with Gasteiger partial charge in [-0.05, 0) is 55.8 Å². The van der Waals surface area contributed by atoms with Crippen LogP contribution in [-0.2, 0) is 17.5 Å². The number of alkyl halides is 3. The number of anilines is 1. The first kappa shape index (κ1) is 26.9. The van der Waals surface area contributed by atoms with Crippen molar-refractivity contribution in [2.24, 2.45) is 0 Å². The minimum absolute atomic E-state index is 0.0535. The monoisotopic (exact) mass is 523 g/mol. The summed E-state index contributed by atoms with van der Waals surface area (Å²) in [6.45, 7) is 2.78. The fourth-order valence-electron chi connectivity index (χ4n) is 3.29. The molecule has 0 aliphatic heterocycles. The lowest BCUT2D eigenvalue weighted by atomic mass is 10.1. The van der Waals surface area contributed by atoms with Crippen molar-refractivity contribution in [1.29, 1.82) is 0 Å². The molecule has 1 N–H and O–H groups in total. The van der Waals surface area contributed by atoms with Crippen molar-refractivity contribution >= 4 is 29.2 Å². The van der Waals surface area contributed by atoms with Gasteiger partial charge in [-0.15, -0.1) is 0 Å². The molecule has 0 fully saturated rings. The molecule has 0 saturated carbocycles. The number of amides is 1. The summed E-state index contributed by atoms with van der Waals surface area (Å²) in [7, 11) is 1.12. The molecule has 2 heterocycles. The molecule has 0 aliphatic carbocycles. The maximum atomic E-state index is 13.5. The molecule has 0 saturated heterocycles. The molecule has 190 valence electrons. The fraction of sp³-hybridized carbons (Fsp3) is 0.250. The summed E-state index contributed by atoms with van der Waals surface area (Å²) in [5.41, 5.74) is -1.20. The zero-order valence-corrected chi connectivity index (χ0v) is 20.1. The third-order valence-corrected chi connectivity index (χ3v) is 5.15. The van der Waals surface area contributed by atoms with Gasteiger partial charge in [0, 0.05) is 18.4 Å². The Bertz CT molecular complexity index is 1270. The van der Waals surface area contributed by atoms with Crippen LogP contribution in [0.4, 0.5) is 18.9 Å². The van der Waals surface area contributed by atoms with E-state index in [0.29, 0.717) is 5.02 Å². The van der Waals surface area contributed by atoms with Crippen molar-refractivity contribution in [3.05, 3.63) is 76.2 Å².